The smallest absolute Gasteiger partial charge is 0.104 e. The maximum absolute atomic E-state index is 4.62. The largest absolute Gasteiger partial charge is 0.310 e. The Balaban J connectivity index is 1.69. The van der Waals surface area contributed by atoms with Gasteiger partial charge in [-0.05, 0) is 49.9 Å². The minimum atomic E-state index is 0.747. The molecular weight excluding hydrogens is 264 g/mol. The summed E-state index contributed by atoms with van der Waals surface area (Å²) in [5, 5.41) is 4.63. The fraction of sp³-hybridized carbons (Fsp3) is 0.353. The van der Waals surface area contributed by atoms with Crippen molar-refractivity contribution in [3.05, 3.63) is 53.2 Å². The molecule has 1 aliphatic rings. The Labute approximate surface area is 125 Å². The van der Waals surface area contributed by atoms with Gasteiger partial charge in [-0.3, -0.25) is 0 Å². The van der Waals surface area contributed by atoms with Crippen LogP contribution in [0.4, 0.5) is 0 Å². The van der Waals surface area contributed by atoms with Gasteiger partial charge in [0.1, 0.15) is 5.03 Å². The quantitative estimate of drug-likeness (QED) is 0.894. The third kappa shape index (κ3) is 3.62. The van der Waals surface area contributed by atoms with Gasteiger partial charge in [-0.1, -0.05) is 35.5 Å². The first-order chi connectivity index (χ1) is 9.70. The van der Waals surface area contributed by atoms with E-state index in [9.17, 15) is 0 Å². The van der Waals surface area contributed by atoms with E-state index >= 15 is 0 Å². The van der Waals surface area contributed by atoms with Gasteiger partial charge >= 0.3 is 0 Å². The van der Waals surface area contributed by atoms with Crippen molar-refractivity contribution in [1.82, 2.24) is 10.3 Å². The van der Waals surface area contributed by atoms with Crippen LogP contribution in [-0.2, 0) is 6.54 Å². The predicted molar refractivity (Wildman–Crippen MR) is 84.1 cm³/mol. The molecule has 0 saturated heterocycles. The van der Waals surface area contributed by atoms with Crippen molar-refractivity contribution in [3.8, 4) is 0 Å². The topological polar surface area (TPSA) is 24.9 Å². The molecule has 0 aliphatic heterocycles. The highest BCUT2D eigenvalue weighted by molar-refractivity contribution is 7.99. The summed E-state index contributed by atoms with van der Waals surface area (Å²) in [5.41, 5.74) is 3.83. The molecule has 0 bridgehead atoms. The van der Waals surface area contributed by atoms with Gasteiger partial charge in [-0.25, -0.2) is 4.98 Å². The van der Waals surface area contributed by atoms with Crippen molar-refractivity contribution >= 4 is 11.8 Å². The summed E-state index contributed by atoms with van der Waals surface area (Å²) in [7, 11) is 0. The molecule has 1 N–H and O–H groups in total. The lowest BCUT2D eigenvalue weighted by molar-refractivity contribution is 0.684. The van der Waals surface area contributed by atoms with E-state index in [2.05, 4.69) is 54.5 Å². The molecule has 1 aromatic heterocycles. The summed E-state index contributed by atoms with van der Waals surface area (Å²) in [4.78, 5) is 5.88. The molecule has 0 atom stereocenters. The van der Waals surface area contributed by atoms with Crippen LogP contribution in [0.15, 0.2) is 46.5 Å². The van der Waals surface area contributed by atoms with Gasteiger partial charge in [-0.15, -0.1) is 0 Å². The summed E-state index contributed by atoms with van der Waals surface area (Å²) in [5.74, 6) is 0. The van der Waals surface area contributed by atoms with E-state index in [4.69, 9.17) is 0 Å². The third-order valence-corrected chi connectivity index (χ3v) is 4.57. The van der Waals surface area contributed by atoms with Crippen LogP contribution < -0.4 is 5.32 Å². The van der Waals surface area contributed by atoms with E-state index in [1.54, 1.807) is 11.8 Å². The molecule has 20 heavy (non-hydrogen) atoms. The molecule has 104 valence electrons. The zero-order valence-electron chi connectivity index (χ0n) is 12.0. The Hall–Kier alpha value is -1.32. The van der Waals surface area contributed by atoms with Gasteiger partial charge in [0.05, 0.1) is 0 Å². The minimum Gasteiger partial charge on any atom is -0.310 e. The van der Waals surface area contributed by atoms with Crippen LogP contribution in [0.5, 0.6) is 0 Å². The van der Waals surface area contributed by atoms with Crippen molar-refractivity contribution in [1.29, 1.82) is 0 Å². The zero-order valence-corrected chi connectivity index (χ0v) is 12.8. The van der Waals surface area contributed by atoms with Crippen molar-refractivity contribution in [2.75, 3.05) is 0 Å². The fourth-order valence-corrected chi connectivity index (χ4v) is 3.10. The number of nitrogens with zero attached hydrogens (tertiary/aromatic N) is 1. The summed E-state index contributed by atoms with van der Waals surface area (Å²) >= 11 is 1.74. The molecule has 1 heterocycles. The minimum absolute atomic E-state index is 0.747. The third-order valence-electron chi connectivity index (χ3n) is 3.46. The van der Waals surface area contributed by atoms with Crippen molar-refractivity contribution in [3.63, 3.8) is 0 Å². The Kier molecular flexibility index (Phi) is 4.08. The second-order valence-electron chi connectivity index (χ2n) is 5.54. The molecule has 3 heteroatoms. The second-order valence-corrected chi connectivity index (χ2v) is 6.60. The molecule has 1 aliphatic carbocycles. The molecule has 1 aromatic carbocycles. The van der Waals surface area contributed by atoms with Crippen LogP contribution in [0.2, 0.25) is 0 Å². The average molecular weight is 284 g/mol. The molecule has 0 radical (unpaired) electrons. The summed E-state index contributed by atoms with van der Waals surface area (Å²) in [6.45, 7) is 5.21. The molecule has 0 amide bonds. The number of aryl methyl sites for hydroxylation is 2. The number of hydrogen-bond acceptors (Lipinski definition) is 3. The van der Waals surface area contributed by atoms with Gasteiger partial charge in [0.25, 0.3) is 0 Å². The first kappa shape index (κ1) is 13.7. The first-order valence-electron chi connectivity index (χ1n) is 7.14. The van der Waals surface area contributed by atoms with Crippen LogP contribution in [-0.4, -0.2) is 11.0 Å². The molecular formula is C17H20N2S. The SMILES string of the molecule is Cc1cccc(Sc2ncc(CNC3CC3)cc2C)c1. The second kappa shape index (κ2) is 5.98. The van der Waals surface area contributed by atoms with E-state index in [0.717, 1.165) is 17.6 Å². The van der Waals surface area contributed by atoms with E-state index in [0.29, 0.717) is 0 Å². The standard InChI is InChI=1S/C17H20N2S/c1-12-4-3-5-16(8-12)20-17-13(2)9-14(11-19-17)10-18-15-6-7-15/h3-5,8-9,11,15,18H,6-7,10H2,1-2H3. The lowest BCUT2D eigenvalue weighted by Crippen LogP contribution is -2.15. The Morgan fingerprint density at radius 3 is 2.80 bits per heavy atom. The Morgan fingerprint density at radius 2 is 2.10 bits per heavy atom. The van der Waals surface area contributed by atoms with Gasteiger partial charge in [0.15, 0.2) is 0 Å². The summed E-state index contributed by atoms with van der Waals surface area (Å²) in [6.07, 6.45) is 4.65. The first-order valence-corrected chi connectivity index (χ1v) is 7.96. The van der Waals surface area contributed by atoms with Gasteiger partial charge < -0.3 is 5.32 Å². The monoisotopic (exact) mass is 284 g/mol. The van der Waals surface area contributed by atoms with Gasteiger partial charge in [0, 0.05) is 23.7 Å². The number of rotatable bonds is 5. The highest BCUT2D eigenvalue weighted by Gasteiger charge is 2.20. The Morgan fingerprint density at radius 1 is 1.25 bits per heavy atom. The molecule has 0 unspecified atom stereocenters. The van der Waals surface area contributed by atoms with Crippen LogP contribution in [0.25, 0.3) is 0 Å². The molecule has 2 nitrogen and oxygen atoms in total. The number of nitrogens with one attached hydrogen (secondary N) is 1. The summed E-state index contributed by atoms with van der Waals surface area (Å²) in [6, 6.07) is 11.6. The number of hydrogen-bond donors (Lipinski definition) is 1. The van der Waals surface area contributed by atoms with E-state index in [-0.39, 0.29) is 0 Å². The predicted octanol–water partition coefficient (Wildman–Crippen LogP) is 4.10. The van der Waals surface area contributed by atoms with Gasteiger partial charge in [-0.2, -0.15) is 0 Å². The lowest BCUT2D eigenvalue weighted by atomic mass is 10.2. The Bertz CT molecular complexity index is 606. The highest BCUT2D eigenvalue weighted by Crippen LogP contribution is 2.29. The number of pyridine rings is 1. The van der Waals surface area contributed by atoms with Crippen molar-refractivity contribution < 1.29 is 0 Å². The maximum Gasteiger partial charge on any atom is 0.104 e. The normalized spacial score (nSPS) is 14.5. The van der Waals surface area contributed by atoms with Crippen molar-refractivity contribution in [2.45, 2.75) is 49.2 Å². The summed E-state index contributed by atoms with van der Waals surface area (Å²) < 4.78 is 0. The number of benzene rings is 1. The van der Waals surface area contributed by atoms with Crippen LogP contribution in [0.1, 0.15) is 29.5 Å². The van der Waals surface area contributed by atoms with E-state index in [1.807, 2.05) is 6.20 Å². The molecule has 3 rings (SSSR count). The average Bonchev–Trinajstić information content (AvgIpc) is 3.23. The molecule has 2 aromatic rings. The van der Waals surface area contributed by atoms with E-state index in [1.165, 1.54) is 34.4 Å². The fourth-order valence-electron chi connectivity index (χ4n) is 2.16. The number of aromatic nitrogens is 1. The van der Waals surface area contributed by atoms with Crippen LogP contribution in [0.3, 0.4) is 0 Å². The molecule has 1 fully saturated rings. The zero-order chi connectivity index (χ0) is 13.9. The van der Waals surface area contributed by atoms with E-state index < -0.39 is 0 Å². The lowest BCUT2D eigenvalue weighted by Gasteiger charge is -2.08. The maximum atomic E-state index is 4.62. The van der Waals surface area contributed by atoms with Crippen LogP contribution >= 0.6 is 11.8 Å². The highest BCUT2D eigenvalue weighted by atomic mass is 32.2. The van der Waals surface area contributed by atoms with Crippen molar-refractivity contribution in [2.24, 2.45) is 0 Å². The van der Waals surface area contributed by atoms with Gasteiger partial charge in [0.2, 0.25) is 0 Å². The molecule has 0 spiro atoms. The molecule has 1 saturated carbocycles. The van der Waals surface area contributed by atoms with Crippen LogP contribution in [0, 0.1) is 13.8 Å².